The van der Waals surface area contributed by atoms with Gasteiger partial charge in [0.25, 0.3) is 0 Å². The number of aromatic nitrogens is 3. The van der Waals surface area contributed by atoms with Gasteiger partial charge in [-0.3, -0.25) is 0 Å². The Morgan fingerprint density at radius 3 is 2.78 bits per heavy atom. The maximum Gasteiger partial charge on any atom is 0.358 e. The lowest BCUT2D eigenvalue weighted by Gasteiger charge is -2.07. The third kappa shape index (κ3) is 2.51. The van der Waals surface area contributed by atoms with Crippen LogP contribution < -0.4 is 4.74 Å². The number of nitrogens with zero attached hydrogens (tertiary/aromatic N) is 3. The van der Waals surface area contributed by atoms with E-state index in [1.807, 2.05) is 6.92 Å². The number of carboxylic acid groups (broad SMARTS) is 1. The molecular weight excluding hydrogens is 302 g/mol. The molecule has 0 aliphatic rings. The number of carbonyl (C=O) groups is 1. The van der Waals surface area contributed by atoms with E-state index in [-0.39, 0.29) is 11.4 Å². The molecule has 0 saturated heterocycles. The molecular formula is C11H10BrN3O3. The van der Waals surface area contributed by atoms with Crippen LogP contribution in [0.3, 0.4) is 0 Å². The molecule has 0 aromatic carbocycles. The number of aromatic carboxylic acids is 1. The molecule has 0 bridgehead atoms. The zero-order valence-corrected chi connectivity index (χ0v) is 11.3. The van der Waals surface area contributed by atoms with E-state index in [1.54, 1.807) is 19.2 Å². The van der Waals surface area contributed by atoms with Crippen LogP contribution in [0.15, 0.2) is 22.8 Å². The minimum absolute atomic E-state index is 0.142. The Hall–Kier alpha value is -1.89. The first-order chi connectivity index (χ1) is 8.47. The van der Waals surface area contributed by atoms with Crippen LogP contribution in [0, 0.1) is 6.92 Å². The molecule has 0 spiro atoms. The van der Waals surface area contributed by atoms with Gasteiger partial charge in [-0.1, -0.05) is 0 Å². The third-order valence-electron chi connectivity index (χ3n) is 2.20. The van der Waals surface area contributed by atoms with Gasteiger partial charge < -0.3 is 9.84 Å². The van der Waals surface area contributed by atoms with Gasteiger partial charge in [-0.15, -0.1) is 0 Å². The number of rotatable bonds is 3. The largest absolute Gasteiger partial charge is 0.476 e. The molecule has 6 nitrogen and oxygen atoms in total. The third-order valence-corrected chi connectivity index (χ3v) is 2.63. The standard InChI is InChI=1S/C11H10BrN3O3/c1-6-3-9(15(2)14-6)18-8-4-7(12)5-13-10(8)11(16)17/h3-5H,1-2H3,(H,16,17). The molecule has 0 aliphatic heterocycles. The summed E-state index contributed by atoms with van der Waals surface area (Å²) in [4.78, 5) is 14.8. The molecule has 0 atom stereocenters. The smallest absolute Gasteiger partial charge is 0.358 e. The van der Waals surface area contributed by atoms with Crippen molar-refractivity contribution < 1.29 is 14.6 Å². The highest BCUT2D eigenvalue weighted by atomic mass is 79.9. The van der Waals surface area contributed by atoms with Crippen LogP contribution >= 0.6 is 15.9 Å². The Balaban J connectivity index is 2.42. The van der Waals surface area contributed by atoms with Crippen molar-refractivity contribution in [3.63, 3.8) is 0 Å². The van der Waals surface area contributed by atoms with Crippen molar-refractivity contribution in [3.8, 4) is 11.6 Å². The molecule has 0 saturated carbocycles. The number of hydrogen-bond donors (Lipinski definition) is 1. The predicted octanol–water partition coefficient (Wildman–Crippen LogP) is 2.38. The molecule has 0 aliphatic carbocycles. The molecule has 2 heterocycles. The molecule has 0 radical (unpaired) electrons. The van der Waals surface area contributed by atoms with Crippen molar-refractivity contribution in [1.29, 1.82) is 0 Å². The Bertz CT molecular complexity index is 610. The summed E-state index contributed by atoms with van der Waals surface area (Å²) < 4.78 is 7.70. The molecule has 0 amide bonds. The summed E-state index contributed by atoms with van der Waals surface area (Å²) in [6.45, 7) is 1.82. The summed E-state index contributed by atoms with van der Waals surface area (Å²) in [5.74, 6) is -0.522. The fourth-order valence-corrected chi connectivity index (χ4v) is 1.76. The first-order valence-corrected chi connectivity index (χ1v) is 5.84. The minimum Gasteiger partial charge on any atom is -0.476 e. The fraction of sp³-hybridized carbons (Fsp3) is 0.182. The van der Waals surface area contributed by atoms with Crippen molar-refractivity contribution in [2.45, 2.75) is 6.92 Å². The molecule has 1 N–H and O–H groups in total. The van der Waals surface area contributed by atoms with Crippen LogP contribution in [0.4, 0.5) is 0 Å². The van der Waals surface area contributed by atoms with Crippen LogP contribution in [0.25, 0.3) is 0 Å². The minimum atomic E-state index is -1.14. The Labute approximate surface area is 111 Å². The van der Waals surface area contributed by atoms with Gasteiger partial charge in [0.1, 0.15) is 0 Å². The normalized spacial score (nSPS) is 10.4. The lowest BCUT2D eigenvalue weighted by Crippen LogP contribution is -2.04. The topological polar surface area (TPSA) is 77.2 Å². The summed E-state index contributed by atoms with van der Waals surface area (Å²) >= 11 is 3.22. The summed E-state index contributed by atoms with van der Waals surface area (Å²) in [6.07, 6.45) is 1.41. The number of pyridine rings is 1. The highest BCUT2D eigenvalue weighted by Gasteiger charge is 2.16. The first-order valence-electron chi connectivity index (χ1n) is 5.04. The van der Waals surface area contributed by atoms with Gasteiger partial charge in [-0.25, -0.2) is 14.5 Å². The SMILES string of the molecule is Cc1cc(Oc2cc(Br)cnc2C(=O)O)n(C)n1. The maximum atomic E-state index is 11.0. The Morgan fingerprint density at radius 1 is 1.50 bits per heavy atom. The second kappa shape index (κ2) is 4.77. The van der Waals surface area contributed by atoms with Crippen LogP contribution in [0.1, 0.15) is 16.2 Å². The van der Waals surface area contributed by atoms with Crippen LogP contribution in [0.5, 0.6) is 11.6 Å². The monoisotopic (exact) mass is 311 g/mol. The quantitative estimate of drug-likeness (QED) is 0.941. The highest BCUT2D eigenvalue weighted by molar-refractivity contribution is 9.10. The molecule has 2 rings (SSSR count). The van der Waals surface area contributed by atoms with E-state index in [0.29, 0.717) is 10.4 Å². The Kier molecular flexibility index (Phi) is 3.33. The fourth-order valence-electron chi connectivity index (χ4n) is 1.45. The summed E-state index contributed by atoms with van der Waals surface area (Å²) in [7, 11) is 1.72. The van der Waals surface area contributed by atoms with E-state index in [9.17, 15) is 4.79 Å². The van der Waals surface area contributed by atoms with E-state index in [0.717, 1.165) is 5.69 Å². The van der Waals surface area contributed by atoms with E-state index in [2.05, 4.69) is 26.0 Å². The van der Waals surface area contributed by atoms with Gasteiger partial charge in [0.05, 0.1) is 5.69 Å². The van der Waals surface area contributed by atoms with Crippen LogP contribution in [0.2, 0.25) is 0 Å². The molecule has 94 valence electrons. The van der Waals surface area contributed by atoms with Crippen molar-refractivity contribution in [3.05, 3.63) is 34.2 Å². The highest BCUT2D eigenvalue weighted by Crippen LogP contribution is 2.27. The molecule has 0 unspecified atom stereocenters. The lowest BCUT2D eigenvalue weighted by atomic mass is 10.3. The number of ether oxygens (including phenoxy) is 1. The number of carboxylic acids is 1. The molecule has 18 heavy (non-hydrogen) atoms. The number of halogens is 1. The van der Waals surface area contributed by atoms with Gasteiger partial charge in [0.2, 0.25) is 5.88 Å². The van der Waals surface area contributed by atoms with Crippen molar-refractivity contribution in [1.82, 2.24) is 14.8 Å². The van der Waals surface area contributed by atoms with Gasteiger partial charge in [-0.2, -0.15) is 5.10 Å². The molecule has 2 aromatic heterocycles. The summed E-state index contributed by atoms with van der Waals surface area (Å²) in [6, 6.07) is 3.27. The second-order valence-corrected chi connectivity index (χ2v) is 4.57. The zero-order valence-electron chi connectivity index (χ0n) is 9.72. The van der Waals surface area contributed by atoms with Crippen molar-refractivity contribution in [2.75, 3.05) is 0 Å². The van der Waals surface area contributed by atoms with E-state index in [4.69, 9.17) is 9.84 Å². The molecule has 7 heteroatoms. The van der Waals surface area contributed by atoms with Crippen LogP contribution in [-0.4, -0.2) is 25.8 Å². The van der Waals surface area contributed by atoms with E-state index in [1.165, 1.54) is 10.9 Å². The first kappa shape index (κ1) is 12.6. The van der Waals surface area contributed by atoms with Crippen molar-refractivity contribution >= 4 is 21.9 Å². The lowest BCUT2D eigenvalue weighted by molar-refractivity contribution is 0.0687. The number of hydrogen-bond acceptors (Lipinski definition) is 4. The second-order valence-electron chi connectivity index (χ2n) is 3.66. The van der Waals surface area contributed by atoms with E-state index >= 15 is 0 Å². The van der Waals surface area contributed by atoms with Crippen molar-refractivity contribution in [2.24, 2.45) is 7.05 Å². The van der Waals surface area contributed by atoms with Gasteiger partial charge in [0.15, 0.2) is 11.4 Å². The van der Waals surface area contributed by atoms with Gasteiger partial charge in [0, 0.05) is 23.8 Å². The molecule has 2 aromatic rings. The average molecular weight is 312 g/mol. The number of aryl methyl sites for hydroxylation is 2. The van der Waals surface area contributed by atoms with E-state index < -0.39 is 5.97 Å². The Morgan fingerprint density at radius 2 is 2.22 bits per heavy atom. The average Bonchev–Trinajstić information content (AvgIpc) is 2.57. The van der Waals surface area contributed by atoms with Crippen LogP contribution in [-0.2, 0) is 7.05 Å². The summed E-state index contributed by atoms with van der Waals surface area (Å²) in [5.41, 5.74) is 0.643. The van der Waals surface area contributed by atoms with Gasteiger partial charge in [-0.05, 0) is 28.9 Å². The maximum absolute atomic E-state index is 11.0. The predicted molar refractivity (Wildman–Crippen MR) is 66.9 cm³/mol. The zero-order chi connectivity index (χ0) is 13.3. The summed E-state index contributed by atoms with van der Waals surface area (Å²) in [5, 5.41) is 13.1. The van der Waals surface area contributed by atoms with Gasteiger partial charge >= 0.3 is 5.97 Å². The molecule has 0 fully saturated rings.